The third kappa shape index (κ3) is 4.01. The van der Waals surface area contributed by atoms with E-state index in [0.717, 1.165) is 23.5 Å². The van der Waals surface area contributed by atoms with E-state index < -0.39 is 0 Å². The summed E-state index contributed by atoms with van der Waals surface area (Å²) >= 11 is 3.58. The molecule has 0 aromatic heterocycles. The summed E-state index contributed by atoms with van der Waals surface area (Å²) in [5.74, 6) is 3.63. The Hall–Kier alpha value is -0.980. The van der Waals surface area contributed by atoms with Crippen LogP contribution in [0, 0.1) is 18.3 Å². The molecule has 0 radical (unpaired) electrons. The molecule has 1 aromatic carbocycles. The maximum Gasteiger partial charge on any atom is 0.0791 e. The molecule has 1 aromatic rings. The fourth-order valence-electron chi connectivity index (χ4n) is 2.55. The van der Waals surface area contributed by atoms with Gasteiger partial charge in [-0.1, -0.05) is 28.8 Å². The van der Waals surface area contributed by atoms with E-state index >= 15 is 0 Å². The van der Waals surface area contributed by atoms with E-state index in [0.29, 0.717) is 12.6 Å². The van der Waals surface area contributed by atoms with Crippen LogP contribution in [0.1, 0.15) is 38.3 Å². The summed E-state index contributed by atoms with van der Waals surface area (Å²) in [5, 5.41) is 3.50. The maximum absolute atomic E-state index is 5.56. The van der Waals surface area contributed by atoms with E-state index in [4.69, 9.17) is 6.42 Å². The van der Waals surface area contributed by atoms with Gasteiger partial charge in [-0.25, -0.2) is 0 Å². The molecule has 1 fully saturated rings. The molecule has 0 spiro atoms. The Bertz CT molecular complexity index is 488. The van der Waals surface area contributed by atoms with E-state index in [1.165, 1.54) is 24.1 Å². The molecule has 2 rings (SSSR count). The topological polar surface area (TPSA) is 15.3 Å². The van der Waals surface area contributed by atoms with E-state index in [1.54, 1.807) is 0 Å². The summed E-state index contributed by atoms with van der Waals surface area (Å²) in [6, 6.07) is 6.83. The molecular weight excluding hydrogens is 312 g/mol. The molecule has 1 saturated carbocycles. The predicted octanol–water partition coefficient (Wildman–Crippen LogP) is 3.97. The minimum absolute atomic E-state index is 0.326. The van der Waals surface area contributed by atoms with Gasteiger partial charge in [0.1, 0.15) is 0 Å². The van der Waals surface area contributed by atoms with E-state index in [2.05, 4.69) is 64.1 Å². The lowest BCUT2D eigenvalue weighted by molar-refractivity contribution is 0.595. The van der Waals surface area contributed by atoms with Gasteiger partial charge in [-0.05, 0) is 56.0 Å². The molecule has 3 heteroatoms. The molecule has 108 valence electrons. The molecule has 0 saturated heterocycles. The number of anilines is 1. The number of nitrogens with one attached hydrogen (secondary N) is 1. The number of benzene rings is 1. The molecule has 1 atom stereocenters. The van der Waals surface area contributed by atoms with Gasteiger partial charge in [0.25, 0.3) is 0 Å². The molecule has 1 aliphatic rings. The summed E-state index contributed by atoms with van der Waals surface area (Å²) in [7, 11) is 0. The van der Waals surface area contributed by atoms with Crippen LogP contribution >= 0.6 is 15.9 Å². The van der Waals surface area contributed by atoms with E-state index in [1.807, 2.05) is 0 Å². The number of hydrogen-bond donors (Lipinski definition) is 1. The van der Waals surface area contributed by atoms with Gasteiger partial charge in [-0.15, -0.1) is 6.42 Å². The van der Waals surface area contributed by atoms with Crippen LogP contribution in [0.3, 0.4) is 0 Å². The van der Waals surface area contributed by atoms with Gasteiger partial charge < -0.3 is 10.2 Å². The molecular formula is C17H23BrN2. The van der Waals surface area contributed by atoms with Crippen molar-refractivity contribution in [1.29, 1.82) is 0 Å². The van der Waals surface area contributed by atoms with Crippen LogP contribution in [-0.2, 0) is 0 Å². The highest BCUT2D eigenvalue weighted by molar-refractivity contribution is 9.10. The van der Waals surface area contributed by atoms with Crippen molar-refractivity contribution >= 4 is 21.6 Å². The lowest BCUT2D eigenvalue weighted by atomic mass is 10.0. The Morgan fingerprint density at radius 1 is 1.50 bits per heavy atom. The molecule has 2 nitrogen and oxygen atoms in total. The second-order valence-electron chi connectivity index (χ2n) is 5.51. The Balaban J connectivity index is 2.28. The number of halogens is 1. The Morgan fingerprint density at radius 2 is 2.25 bits per heavy atom. The third-order valence-corrected chi connectivity index (χ3v) is 4.26. The van der Waals surface area contributed by atoms with Crippen LogP contribution in [0.15, 0.2) is 22.7 Å². The zero-order chi connectivity index (χ0) is 14.5. The van der Waals surface area contributed by atoms with Gasteiger partial charge in [-0.3, -0.25) is 0 Å². The Morgan fingerprint density at radius 3 is 2.85 bits per heavy atom. The number of terminal acetylenes is 1. The first-order chi connectivity index (χ1) is 9.65. The standard InChI is InChI=1S/C17H23BrN2/c1-4-10-20(12-14-6-7-14)17-9-8-15(18)11-16(17)13(3)19-5-2/h1,8-9,11,13-14,19H,5-7,10,12H2,2-3H3. The van der Waals surface area contributed by atoms with Crippen molar-refractivity contribution in [2.75, 3.05) is 24.5 Å². The molecule has 20 heavy (non-hydrogen) atoms. The van der Waals surface area contributed by atoms with Crippen molar-refractivity contribution in [3.05, 3.63) is 28.2 Å². The second kappa shape index (κ2) is 7.15. The molecule has 0 heterocycles. The number of rotatable bonds is 7. The van der Waals surface area contributed by atoms with Crippen LogP contribution < -0.4 is 10.2 Å². The molecule has 0 bridgehead atoms. The summed E-state index contributed by atoms with van der Waals surface area (Å²) in [6.07, 6.45) is 8.25. The minimum Gasteiger partial charge on any atom is -0.360 e. The van der Waals surface area contributed by atoms with Crippen LogP contribution in [0.5, 0.6) is 0 Å². The summed E-state index contributed by atoms with van der Waals surface area (Å²) < 4.78 is 1.12. The quantitative estimate of drug-likeness (QED) is 0.759. The van der Waals surface area contributed by atoms with Crippen molar-refractivity contribution in [1.82, 2.24) is 5.32 Å². The fourth-order valence-corrected chi connectivity index (χ4v) is 2.93. The third-order valence-electron chi connectivity index (χ3n) is 3.76. The highest BCUT2D eigenvalue weighted by Crippen LogP contribution is 2.34. The van der Waals surface area contributed by atoms with Crippen LogP contribution in [0.4, 0.5) is 5.69 Å². The predicted molar refractivity (Wildman–Crippen MR) is 90.0 cm³/mol. The lowest BCUT2D eigenvalue weighted by Gasteiger charge is -2.28. The van der Waals surface area contributed by atoms with Gasteiger partial charge in [0.2, 0.25) is 0 Å². The number of nitrogens with zero attached hydrogens (tertiary/aromatic N) is 1. The SMILES string of the molecule is C#CCN(CC1CC1)c1ccc(Br)cc1C(C)NCC. The van der Waals surface area contributed by atoms with Crippen molar-refractivity contribution in [3.8, 4) is 12.3 Å². The molecule has 0 aliphatic heterocycles. The number of hydrogen-bond acceptors (Lipinski definition) is 2. The normalized spacial score (nSPS) is 15.7. The van der Waals surface area contributed by atoms with Gasteiger partial charge in [-0.2, -0.15) is 0 Å². The molecule has 0 amide bonds. The molecule has 1 unspecified atom stereocenters. The first-order valence-corrected chi connectivity index (χ1v) is 8.16. The van der Waals surface area contributed by atoms with Gasteiger partial charge in [0, 0.05) is 22.7 Å². The highest BCUT2D eigenvalue weighted by atomic mass is 79.9. The summed E-state index contributed by atoms with van der Waals surface area (Å²) in [4.78, 5) is 2.35. The maximum atomic E-state index is 5.56. The largest absolute Gasteiger partial charge is 0.360 e. The van der Waals surface area contributed by atoms with Crippen molar-refractivity contribution in [2.45, 2.75) is 32.7 Å². The van der Waals surface area contributed by atoms with E-state index in [-0.39, 0.29) is 0 Å². The second-order valence-corrected chi connectivity index (χ2v) is 6.43. The highest BCUT2D eigenvalue weighted by Gasteiger charge is 2.25. The summed E-state index contributed by atoms with van der Waals surface area (Å²) in [6.45, 7) is 7.07. The van der Waals surface area contributed by atoms with Gasteiger partial charge in [0.15, 0.2) is 0 Å². The van der Waals surface area contributed by atoms with Crippen LogP contribution in [0.25, 0.3) is 0 Å². The zero-order valence-corrected chi connectivity index (χ0v) is 13.9. The fraction of sp³-hybridized carbons (Fsp3) is 0.529. The smallest absolute Gasteiger partial charge is 0.0791 e. The van der Waals surface area contributed by atoms with Crippen LogP contribution in [-0.4, -0.2) is 19.6 Å². The molecule has 1 N–H and O–H groups in total. The Labute approximate surface area is 131 Å². The first kappa shape index (κ1) is 15.4. The lowest BCUT2D eigenvalue weighted by Crippen LogP contribution is -2.29. The van der Waals surface area contributed by atoms with E-state index in [9.17, 15) is 0 Å². The van der Waals surface area contributed by atoms with Gasteiger partial charge in [0.05, 0.1) is 6.54 Å². The monoisotopic (exact) mass is 334 g/mol. The van der Waals surface area contributed by atoms with Crippen LogP contribution in [0.2, 0.25) is 0 Å². The Kier molecular flexibility index (Phi) is 5.51. The zero-order valence-electron chi connectivity index (χ0n) is 12.3. The van der Waals surface area contributed by atoms with Crippen molar-refractivity contribution in [3.63, 3.8) is 0 Å². The van der Waals surface area contributed by atoms with Crippen molar-refractivity contribution < 1.29 is 0 Å². The molecule has 1 aliphatic carbocycles. The van der Waals surface area contributed by atoms with Gasteiger partial charge >= 0.3 is 0 Å². The first-order valence-electron chi connectivity index (χ1n) is 7.37. The average molecular weight is 335 g/mol. The average Bonchev–Trinajstić information content (AvgIpc) is 3.22. The van der Waals surface area contributed by atoms with Crippen molar-refractivity contribution in [2.24, 2.45) is 5.92 Å². The summed E-state index contributed by atoms with van der Waals surface area (Å²) in [5.41, 5.74) is 2.59. The minimum atomic E-state index is 0.326.